The largest absolute Gasteiger partial charge is 0.383 e. The Hall–Kier alpha value is -1.93. The molecule has 0 aromatic heterocycles. The maximum atomic E-state index is 12.4. The number of hydrogen-bond donors (Lipinski definition) is 2. The number of anilines is 1. The third-order valence-electron chi connectivity index (χ3n) is 3.52. The SMILES string of the molecule is COCCNS(=O)(=O)c1cccc(C(=O)Nc2cccc(Cl)c2C)c1. The van der Waals surface area contributed by atoms with Gasteiger partial charge in [-0.1, -0.05) is 23.7 Å². The first kappa shape index (κ1) is 19.4. The van der Waals surface area contributed by atoms with Crippen LogP contribution in [0.25, 0.3) is 0 Å². The van der Waals surface area contributed by atoms with Gasteiger partial charge in [-0.3, -0.25) is 4.79 Å². The molecule has 0 radical (unpaired) electrons. The van der Waals surface area contributed by atoms with Crippen LogP contribution in [0.4, 0.5) is 5.69 Å². The van der Waals surface area contributed by atoms with Crippen LogP contribution in [-0.2, 0) is 14.8 Å². The number of nitrogens with one attached hydrogen (secondary N) is 2. The highest BCUT2D eigenvalue weighted by Crippen LogP contribution is 2.23. The van der Waals surface area contributed by atoms with E-state index in [2.05, 4.69) is 10.0 Å². The van der Waals surface area contributed by atoms with Crippen molar-refractivity contribution in [3.05, 3.63) is 58.6 Å². The lowest BCUT2D eigenvalue weighted by Gasteiger charge is -2.11. The van der Waals surface area contributed by atoms with Crippen molar-refractivity contribution >= 4 is 33.2 Å². The van der Waals surface area contributed by atoms with Crippen LogP contribution in [0, 0.1) is 6.92 Å². The lowest BCUT2D eigenvalue weighted by Crippen LogP contribution is -2.27. The summed E-state index contributed by atoms with van der Waals surface area (Å²) in [7, 11) is -2.22. The number of carbonyl (C=O) groups is 1. The molecule has 0 bridgehead atoms. The molecule has 0 atom stereocenters. The number of amides is 1. The van der Waals surface area contributed by atoms with Crippen molar-refractivity contribution in [2.45, 2.75) is 11.8 Å². The van der Waals surface area contributed by atoms with E-state index < -0.39 is 15.9 Å². The molecule has 0 aliphatic heterocycles. The fourth-order valence-electron chi connectivity index (χ4n) is 2.10. The van der Waals surface area contributed by atoms with Gasteiger partial charge in [0, 0.05) is 29.9 Å². The van der Waals surface area contributed by atoms with Crippen LogP contribution in [0.2, 0.25) is 5.02 Å². The van der Waals surface area contributed by atoms with Gasteiger partial charge in [0.05, 0.1) is 11.5 Å². The predicted molar refractivity (Wildman–Crippen MR) is 97.6 cm³/mol. The summed E-state index contributed by atoms with van der Waals surface area (Å²) < 4.78 is 31.7. The van der Waals surface area contributed by atoms with Crippen molar-refractivity contribution in [1.82, 2.24) is 4.72 Å². The average Bonchev–Trinajstić information content (AvgIpc) is 2.59. The average molecular weight is 383 g/mol. The second-order valence-electron chi connectivity index (χ2n) is 5.28. The van der Waals surface area contributed by atoms with E-state index in [4.69, 9.17) is 16.3 Å². The summed E-state index contributed by atoms with van der Waals surface area (Å²) in [4.78, 5) is 12.4. The van der Waals surface area contributed by atoms with Crippen LogP contribution in [-0.4, -0.2) is 34.6 Å². The van der Waals surface area contributed by atoms with Gasteiger partial charge in [0.2, 0.25) is 10.0 Å². The molecule has 134 valence electrons. The molecule has 2 aromatic rings. The quantitative estimate of drug-likeness (QED) is 0.721. The molecule has 0 unspecified atom stereocenters. The molecule has 2 aromatic carbocycles. The van der Waals surface area contributed by atoms with E-state index in [1.165, 1.54) is 25.3 Å². The fraction of sp³-hybridized carbons (Fsp3) is 0.235. The van der Waals surface area contributed by atoms with Crippen molar-refractivity contribution < 1.29 is 17.9 Å². The van der Waals surface area contributed by atoms with E-state index in [0.717, 1.165) is 5.56 Å². The maximum absolute atomic E-state index is 12.4. The highest BCUT2D eigenvalue weighted by atomic mass is 35.5. The number of rotatable bonds is 7. The van der Waals surface area contributed by atoms with Crippen LogP contribution < -0.4 is 10.0 Å². The Kier molecular flexibility index (Phi) is 6.55. The Morgan fingerprint density at radius 2 is 1.92 bits per heavy atom. The molecule has 0 spiro atoms. The monoisotopic (exact) mass is 382 g/mol. The molecule has 6 nitrogen and oxygen atoms in total. The third kappa shape index (κ3) is 5.02. The smallest absolute Gasteiger partial charge is 0.255 e. The molecule has 25 heavy (non-hydrogen) atoms. The lowest BCUT2D eigenvalue weighted by atomic mass is 10.1. The zero-order chi connectivity index (χ0) is 18.4. The van der Waals surface area contributed by atoms with Gasteiger partial charge in [0.1, 0.15) is 0 Å². The zero-order valence-corrected chi connectivity index (χ0v) is 15.4. The second-order valence-corrected chi connectivity index (χ2v) is 7.46. The minimum atomic E-state index is -3.71. The van der Waals surface area contributed by atoms with E-state index in [1.54, 1.807) is 31.2 Å². The van der Waals surface area contributed by atoms with Gasteiger partial charge in [-0.05, 0) is 42.8 Å². The summed E-state index contributed by atoms with van der Waals surface area (Å²) >= 11 is 6.04. The number of carbonyl (C=O) groups excluding carboxylic acids is 1. The standard InChI is InChI=1S/C17H19ClN2O4S/c1-12-15(18)7-4-8-16(12)20-17(21)13-5-3-6-14(11-13)25(22,23)19-9-10-24-2/h3-8,11,19H,9-10H2,1-2H3,(H,20,21). The number of sulfonamides is 1. The minimum absolute atomic E-state index is 0.0130. The van der Waals surface area contributed by atoms with Gasteiger partial charge in [0.15, 0.2) is 0 Å². The topological polar surface area (TPSA) is 84.5 Å². The normalized spacial score (nSPS) is 11.3. The first-order valence-electron chi connectivity index (χ1n) is 7.50. The molecular formula is C17H19ClN2O4S. The van der Waals surface area contributed by atoms with Gasteiger partial charge in [-0.25, -0.2) is 13.1 Å². The van der Waals surface area contributed by atoms with Crippen molar-refractivity contribution in [3.63, 3.8) is 0 Å². The Balaban J connectivity index is 2.20. The van der Waals surface area contributed by atoms with Crippen molar-refractivity contribution in [1.29, 1.82) is 0 Å². The molecule has 0 saturated carbocycles. The van der Waals surface area contributed by atoms with Crippen molar-refractivity contribution in [3.8, 4) is 0 Å². The minimum Gasteiger partial charge on any atom is -0.383 e. The van der Waals surface area contributed by atoms with Gasteiger partial charge in [-0.15, -0.1) is 0 Å². The Bertz CT molecular complexity index is 869. The van der Waals surface area contributed by atoms with E-state index in [9.17, 15) is 13.2 Å². The number of benzene rings is 2. The number of methoxy groups -OCH3 is 1. The first-order valence-corrected chi connectivity index (χ1v) is 9.36. The van der Waals surface area contributed by atoms with Crippen LogP contribution in [0.15, 0.2) is 47.4 Å². The highest BCUT2D eigenvalue weighted by Gasteiger charge is 2.16. The molecule has 0 saturated heterocycles. The molecule has 0 aliphatic rings. The van der Waals surface area contributed by atoms with E-state index >= 15 is 0 Å². The van der Waals surface area contributed by atoms with Crippen molar-refractivity contribution in [2.75, 3.05) is 25.6 Å². The summed E-state index contributed by atoms with van der Waals surface area (Å²) in [5.41, 5.74) is 1.54. The van der Waals surface area contributed by atoms with E-state index in [1.807, 2.05) is 0 Å². The molecular weight excluding hydrogens is 364 g/mol. The first-order chi connectivity index (χ1) is 11.8. The number of hydrogen-bond acceptors (Lipinski definition) is 4. The van der Waals surface area contributed by atoms with Crippen LogP contribution in [0.1, 0.15) is 15.9 Å². The molecule has 0 aliphatic carbocycles. The highest BCUT2D eigenvalue weighted by molar-refractivity contribution is 7.89. The predicted octanol–water partition coefficient (Wildman–Crippen LogP) is 2.83. The summed E-state index contributed by atoms with van der Waals surface area (Å²) in [5, 5.41) is 3.28. The van der Waals surface area contributed by atoms with Gasteiger partial charge >= 0.3 is 0 Å². The molecule has 0 heterocycles. The van der Waals surface area contributed by atoms with Gasteiger partial charge in [0.25, 0.3) is 5.91 Å². The van der Waals surface area contributed by atoms with Gasteiger partial charge < -0.3 is 10.1 Å². The number of halogens is 1. The van der Waals surface area contributed by atoms with E-state index in [-0.39, 0.29) is 23.6 Å². The maximum Gasteiger partial charge on any atom is 0.255 e. The summed E-state index contributed by atoms with van der Waals surface area (Å²) in [6, 6.07) is 11.0. The fourth-order valence-corrected chi connectivity index (χ4v) is 3.34. The number of ether oxygens (including phenoxy) is 1. The molecule has 0 fully saturated rings. The molecule has 2 rings (SSSR count). The Morgan fingerprint density at radius 1 is 1.20 bits per heavy atom. The Labute approximate surface area is 152 Å². The summed E-state index contributed by atoms with van der Waals surface area (Å²) in [6.07, 6.45) is 0. The zero-order valence-electron chi connectivity index (χ0n) is 13.9. The van der Waals surface area contributed by atoms with Crippen LogP contribution in [0.5, 0.6) is 0 Å². The third-order valence-corrected chi connectivity index (χ3v) is 5.39. The van der Waals surface area contributed by atoms with Gasteiger partial charge in [-0.2, -0.15) is 0 Å². The lowest BCUT2D eigenvalue weighted by molar-refractivity contribution is 0.102. The molecule has 8 heteroatoms. The summed E-state index contributed by atoms with van der Waals surface area (Å²) in [5.74, 6) is -0.417. The molecule has 2 N–H and O–H groups in total. The van der Waals surface area contributed by atoms with Crippen LogP contribution >= 0.6 is 11.6 Å². The van der Waals surface area contributed by atoms with Crippen molar-refractivity contribution in [2.24, 2.45) is 0 Å². The Morgan fingerprint density at radius 3 is 2.64 bits per heavy atom. The molecule has 1 amide bonds. The second kappa shape index (κ2) is 8.44. The van der Waals surface area contributed by atoms with E-state index in [0.29, 0.717) is 10.7 Å². The van der Waals surface area contributed by atoms with Crippen LogP contribution in [0.3, 0.4) is 0 Å². The summed E-state index contributed by atoms with van der Waals surface area (Å²) in [6.45, 7) is 2.20.